The third-order valence-electron chi connectivity index (χ3n) is 3.39. The molecule has 0 amide bonds. The number of nitriles is 1. The fourth-order valence-corrected chi connectivity index (χ4v) is 2.35. The van der Waals surface area contributed by atoms with Crippen LogP contribution in [0.5, 0.6) is 0 Å². The third kappa shape index (κ3) is 3.85. The van der Waals surface area contributed by atoms with Crippen LogP contribution in [0, 0.1) is 11.3 Å². The molecule has 23 heavy (non-hydrogen) atoms. The fourth-order valence-electron chi connectivity index (χ4n) is 2.23. The number of rotatable bonds is 4. The first kappa shape index (κ1) is 15.0. The maximum absolute atomic E-state index is 8.94. The Hall–Kier alpha value is -2.90. The molecule has 0 N–H and O–H groups in total. The van der Waals surface area contributed by atoms with Crippen molar-refractivity contribution in [1.82, 2.24) is 14.8 Å². The summed E-state index contributed by atoms with van der Waals surface area (Å²) in [4.78, 5) is 3.98. The number of halogens is 1. The number of benzene rings is 2. The molecule has 0 unspecified atom stereocenters. The summed E-state index contributed by atoms with van der Waals surface area (Å²) in [6, 6.07) is 17.3. The van der Waals surface area contributed by atoms with Crippen LogP contribution < -0.4 is 0 Å². The lowest BCUT2D eigenvalue weighted by Gasteiger charge is -2.09. The van der Waals surface area contributed by atoms with Crippen LogP contribution >= 0.6 is 11.6 Å². The first-order valence-electron chi connectivity index (χ1n) is 7.04. The smallest absolute Gasteiger partial charge is 0.137 e. The zero-order valence-corrected chi connectivity index (χ0v) is 13.0. The Morgan fingerprint density at radius 2 is 1.87 bits per heavy atom. The zero-order valence-electron chi connectivity index (χ0n) is 12.2. The van der Waals surface area contributed by atoms with Crippen LogP contribution in [-0.2, 0) is 6.54 Å². The molecule has 0 bridgehead atoms. The Kier molecular flexibility index (Phi) is 4.51. The number of allylic oxidation sites excluding steroid dienone is 1. The van der Waals surface area contributed by atoms with Gasteiger partial charge in [0.1, 0.15) is 12.7 Å². The highest BCUT2D eigenvalue weighted by atomic mass is 35.5. The van der Waals surface area contributed by atoms with E-state index in [4.69, 9.17) is 16.9 Å². The minimum atomic E-state index is 0.592. The predicted molar refractivity (Wildman–Crippen MR) is 90.5 cm³/mol. The van der Waals surface area contributed by atoms with Gasteiger partial charge in [-0.3, -0.25) is 0 Å². The Balaban J connectivity index is 1.98. The number of nitrogens with zero attached hydrogens (tertiary/aromatic N) is 4. The molecular formula is C18H13ClN4. The first-order valence-corrected chi connectivity index (χ1v) is 7.41. The lowest BCUT2D eigenvalue weighted by Crippen LogP contribution is -2.01. The minimum Gasteiger partial charge on any atom is -0.249 e. The second-order valence-corrected chi connectivity index (χ2v) is 5.44. The molecule has 0 aliphatic heterocycles. The molecule has 3 rings (SSSR count). The molecule has 1 aromatic heterocycles. The van der Waals surface area contributed by atoms with Crippen molar-refractivity contribution in [2.24, 2.45) is 0 Å². The molecule has 0 fully saturated rings. The SMILES string of the molecule is N#Cc1ccc(C(=Cc2ccc(Cl)cc2)Cn2cncn2)cc1. The van der Waals surface area contributed by atoms with Gasteiger partial charge in [0, 0.05) is 5.02 Å². The molecule has 0 radical (unpaired) electrons. The lowest BCUT2D eigenvalue weighted by atomic mass is 10.0. The molecule has 0 saturated carbocycles. The van der Waals surface area contributed by atoms with Crippen molar-refractivity contribution >= 4 is 23.3 Å². The van der Waals surface area contributed by atoms with Crippen LogP contribution in [0.2, 0.25) is 5.02 Å². The van der Waals surface area contributed by atoms with Gasteiger partial charge in [0.05, 0.1) is 18.2 Å². The van der Waals surface area contributed by atoms with Crippen molar-refractivity contribution in [3.8, 4) is 6.07 Å². The predicted octanol–water partition coefficient (Wildman–Crippen LogP) is 4.04. The van der Waals surface area contributed by atoms with Gasteiger partial charge in [-0.1, -0.05) is 35.9 Å². The minimum absolute atomic E-state index is 0.592. The van der Waals surface area contributed by atoms with Gasteiger partial charge in [0.2, 0.25) is 0 Å². The maximum Gasteiger partial charge on any atom is 0.137 e. The average molecular weight is 321 g/mol. The van der Waals surface area contributed by atoms with Gasteiger partial charge in [-0.15, -0.1) is 0 Å². The second-order valence-electron chi connectivity index (χ2n) is 5.00. The Labute approximate surface area is 139 Å². The van der Waals surface area contributed by atoms with Gasteiger partial charge in [0.15, 0.2) is 0 Å². The van der Waals surface area contributed by atoms with Crippen molar-refractivity contribution in [3.63, 3.8) is 0 Å². The third-order valence-corrected chi connectivity index (χ3v) is 3.65. The molecule has 2 aromatic carbocycles. The molecule has 0 aliphatic rings. The summed E-state index contributed by atoms with van der Waals surface area (Å²) >= 11 is 5.94. The molecule has 0 saturated heterocycles. The van der Waals surface area contributed by atoms with E-state index in [0.29, 0.717) is 17.1 Å². The van der Waals surface area contributed by atoms with Crippen LogP contribution in [0.15, 0.2) is 61.2 Å². The van der Waals surface area contributed by atoms with Gasteiger partial charge < -0.3 is 0 Å². The lowest BCUT2D eigenvalue weighted by molar-refractivity contribution is 0.711. The summed E-state index contributed by atoms with van der Waals surface area (Å²) in [5.41, 5.74) is 3.80. The molecule has 0 atom stereocenters. The van der Waals surface area contributed by atoms with E-state index in [1.807, 2.05) is 48.5 Å². The van der Waals surface area contributed by atoms with E-state index in [2.05, 4.69) is 22.2 Å². The summed E-state index contributed by atoms with van der Waals surface area (Å²) in [5, 5.41) is 13.8. The van der Waals surface area contributed by atoms with E-state index in [-0.39, 0.29) is 0 Å². The van der Waals surface area contributed by atoms with Crippen LogP contribution in [0.4, 0.5) is 0 Å². The van der Waals surface area contributed by atoms with Crippen LogP contribution in [0.25, 0.3) is 11.6 Å². The van der Waals surface area contributed by atoms with Crippen molar-refractivity contribution < 1.29 is 0 Å². The highest BCUT2D eigenvalue weighted by molar-refractivity contribution is 6.30. The first-order chi connectivity index (χ1) is 11.2. The summed E-state index contributed by atoms with van der Waals surface area (Å²) in [6.07, 6.45) is 5.28. The highest BCUT2D eigenvalue weighted by Crippen LogP contribution is 2.21. The van der Waals surface area contributed by atoms with E-state index >= 15 is 0 Å². The summed E-state index contributed by atoms with van der Waals surface area (Å²) in [7, 11) is 0. The Bertz CT molecular complexity index is 842. The van der Waals surface area contributed by atoms with Gasteiger partial charge in [-0.25, -0.2) is 9.67 Å². The maximum atomic E-state index is 8.94. The van der Waals surface area contributed by atoms with Crippen LogP contribution in [-0.4, -0.2) is 14.8 Å². The fraction of sp³-hybridized carbons (Fsp3) is 0.0556. The van der Waals surface area contributed by atoms with Gasteiger partial charge >= 0.3 is 0 Å². The molecular weight excluding hydrogens is 308 g/mol. The quantitative estimate of drug-likeness (QED) is 0.682. The van der Waals surface area contributed by atoms with E-state index < -0.39 is 0 Å². The molecule has 112 valence electrons. The van der Waals surface area contributed by atoms with Crippen molar-refractivity contribution in [2.45, 2.75) is 6.54 Å². The zero-order chi connectivity index (χ0) is 16.1. The number of aromatic nitrogens is 3. The molecule has 3 aromatic rings. The molecule has 0 spiro atoms. The summed E-state index contributed by atoms with van der Waals surface area (Å²) in [6.45, 7) is 0.592. The largest absolute Gasteiger partial charge is 0.249 e. The molecule has 0 aliphatic carbocycles. The highest BCUT2D eigenvalue weighted by Gasteiger charge is 2.05. The number of hydrogen-bond acceptors (Lipinski definition) is 3. The Morgan fingerprint density at radius 3 is 2.48 bits per heavy atom. The standard InChI is InChI=1S/C18H13ClN4/c19-18-7-3-14(4-8-18)9-17(11-23-13-21-12-22-23)16-5-1-15(10-20)2-6-16/h1-9,12-13H,11H2. The molecule has 1 heterocycles. The average Bonchev–Trinajstić information content (AvgIpc) is 3.09. The van der Waals surface area contributed by atoms with Crippen molar-refractivity contribution in [2.75, 3.05) is 0 Å². The van der Waals surface area contributed by atoms with E-state index in [1.54, 1.807) is 11.0 Å². The second kappa shape index (κ2) is 6.91. The van der Waals surface area contributed by atoms with E-state index in [1.165, 1.54) is 6.33 Å². The normalized spacial score (nSPS) is 11.2. The van der Waals surface area contributed by atoms with Gasteiger partial charge in [-0.2, -0.15) is 10.4 Å². The summed E-state index contributed by atoms with van der Waals surface area (Å²) < 4.78 is 1.76. The van der Waals surface area contributed by atoms with Gasteiger partial charge in [0.25, 0.3) is 0 Å². The summed E-state index contributed by atoms with van der Waals surface area (Å²) in [5.74, 6) is 0. The van der Waals surface area contributed by atoms with Crippen LogP contribution in [0.1, 0.15) is 16.7 Å². The Morgan fingerprint density at radius 1 is 1.13 bits per heavy atom. The van der Waals surface area contributed by atoms with Crippen LogP contribution in [0.3, 0.4) is 0 Å². The number of hydrogen-bond donors (Lipinski definition) is 0. The molecule has 4 nitrogen and oxygen atoms in total. The van der Waals surface area contributed by atoms with Crippen molar-refractivity contribution in [3.05, 3.63) is 82.9 Å². The monoisotopic (exact) mass is 320 g/mol. The topological polar surface area (TPSA) is 54.5 Å². The van der Waals surface area contributed by atoms with Crippen molar-refractivity contribution in [1.29, 1.82) is 5.26 Å². The van der Waals surface area contributed by atoms with Gasteiger partial charge in [-0.05, 0) is 47.0 Å². The van der Waals surface area contributed by atoms with E-state index in [9.17, 15) is 0 Å². The van der Waals surface area contributed by atoms with E-state index in [0.717, 1.165) is 16.7 Å². The molecule has 5 heteroatoms.